The summed E-state index contributed by atoms with van der Waals surface area (Å²) in [5.41, 5.74) is 0.707. The third-order valence-corrected chi connectivity index (χ3v) is 3.92. The summed E-state index contributed by atoms with van der Waals surface area (Å²) < 4.78 is 6.67. The largest absolute Gasteiger partial charge is 0.493 e. The molecule has 0 N–H and O–H groups in total. The van der Waals surface area contributed by atoms with E-state index in [2.05, 4.69) is 15.9 Å². The summed E-state index contributed by atoms with van der Waals surface area (Å²) >= 11 is 5.06. The normalized spacial score (nSPS) is 10.2. The molecule has 0 aliphatic carbocycles. The van der Waals surface area contributed by atoms with Crippen molar-refractivity contribution in [1.82, 2.24) is 0 Å². The van der Waals surface area contributed by atoms with Gasteiger partial charge >= 0.3 is 0 Å². The zero-order valence-corrected chi connectivity index (χ0v) is 12.6. The summed E-state index contributed by atoms with van der Waals surface area (Å²) in [6.07, 6.45) is 0.863. The third kappa shape index (κ3) is 4.73. The van der Waals surface area contributed by atoms with Gasteiger partial charge in [-0.05, 0) is 36.4 Å². The van der Waals surface area contributed by atoms with Crippen molar-refractivity contribution in [2.24, 2.45) is 0 Å². The smallest absolute Gasteiger partial charge is 0.150 e. The molecule has 19 heavy (non-hydrogen) atoms. The van der Waals surface area contributed by atoms with Crippen LogP contribution in [0.5, 0.6) is 5.75 Å². The lowest BCUT2D eigenvalue weighted by Gasteiger charge is -2.06. The number of aldehydes is 1. The highest BCUT2D eigenvalue weighted by molar-refractivity contribution is 9.10. The Labute approximate surface area is 125 Å². The minimum absolute atomic E-state index is 0.637. The molecule has 0 atom stereocenters. The lowest BCUT2D eigenvalue weighted by molar-refractivity contribution is 0.112. The van der Waals surface area contributed by atoms with Gasteiger partial charge in [-0.3, -0.25) is 4.79 Å². The van der Waals surface area contributed by atoms with Gasteiger partial charge in [0.15, 0.2) is 0 Å². The van der Waals surface area contributed by atoms with E-state index in [0.29, 0.717) is 12.2 Å². The fraction of sp³-hybridized carbons (Fsp3) is 0.133. The van der Waals surface area contributed by atoms with Crippen molar-refractivity contribution in [3.8, 4) is 5.75 Å². The highest BCUT2D eigenvalue weighted by atomic mass is 79.9. The maximum absolute atomic E-state index is 10.7. The molecule has 2 rings (SSSR count). The Morgan fingerprint density at radius 2 is 1.95 bits per heavy atom. The zero-order valence-electron chi connectivity index (χ0n) is 10.2. The first-order chi connectivity index (χ1) is 9.28. The van der Waals surface area contributed by atoms with Gasteiger partial charge in [0.05, 0.1) is 6.61 Å². The molecule has 0 fully saturated rings. The lowest BCUT2D eigenvalue weighted by Crippen LogP contribution is -1.99. The Balaban J connectivity index is 1.77. The van der Waals surface area contributed by atoms with Crippen molar-refractivity contribution in [1.29, 1.82) is 0 Å². The van der Waals surface area contributed by atoms with Gasteiger partial charge in [-0.25, -0.2) is 0 Å². The van der Waals surface area contributed by atoms with E-state index >= 15 is 0 Å². The highest BCUT2D eigenvalue weighted by Crippen LogP contribution is 2.20. The minimum atomic E-state index is 0.637. The molecule has 0 heterocycles. The van der Waals surface area contributed by atoms with Gasteiger partial charge in [0.2, 0.25) is 0 Å². The monoisotopic (exact) mass is 336 g/mol. The number of halogens is 1. The average molecular weight is 337 g/mol. The fourth-order valence-corrected chi connectivity index (χ4v) is 2.59. The molecule has 0 amide bonds. The van der Waals surface area contributed by atoms with Crippen LogP contribution in [0.2, 0.25) is 0 Å². The lowest BCUT2D eigenvalue weighted by atomic mass is 10.2. The molecule has 0 saturated carbocycles. The average Bonchev–Trinajstić information content (AvgIpc) is 2.46. The van der Waals surface area contributed by atoms with Gasteiger partial charge in [-0.2, -0.15) is 0 Å². The van der Waals surface area contributed by atoms with E-state index in [1.165, 1.54) is 0 Å². The Morgan fingerprint density at radius 1 is 1.16 bits per heavy atom. The molecule has 0 aliphatic heterocycles. The van der Waals surface area contributed by atoms with Gasteiger partial charge < -0.3 is 4.74 Å². The van der Waals surface area contributed by atoms with E-state index < -0.39 is 0 Å². The fourth-order valence-electron chi connectivity index (χ4n) is 1.53. The maximum atomic E-state index is 10.7. The molecule has 0 aliphatic rings. The van der Waals surface area contributed by atoms with Gasteiger partial charge in [0.25, 0.3) is 0 Å². The van der Waals surface area contributed by atoms with Crippen molar-refractivity contribution < 1.29 is 9.53 Å². The summed E-state index contributed by atoms with van der Waals surface area (Å²) in [4.78, 5) is 11.8. The van der Waals surface area contributed by atoms with Crippen molar-refractivity contribution in [3.63, 3.8) is 0 Å². The second kappa shape index (κ2) is 7.36. The summed E-state index contributed by atoms with van der Waals surface area (Å²) in [6, 6.07) is 15.3. The van der Waals surface area contributed by atoms with Crippen LogP contribution in [0.25, 0.3) is 0 Å². The van der Waals surface area contributed by atoms with Gasteiger partial charge in [0.1, 0.15) is 12.0 Å². The van der Waals surface area contributed by atoms with Crippen LogP contribution in [0.3, 0.4) is 0 Å². The summed E-state index contributed by atoms with van der Waals surface area (Å²) in [7, 11) is 0. The van der Waals surface area contributed by atoms with Crippen molar-refractivity contribution >= 4 is 34.0 Å². The Morgan fingerprint density at radius 3 is 2.68 bits per heavy atom. The molecule has 0 spiro atoms. The summed E-state index contributed by atoms with van der Waals surface area (Å²) in [5, 5.41) is 0. The molecule has 0 radical (unpaired) electrons. The van der Waals surface area contributed by atoms with Crippen LogP contribution in [0.15, 0.2) is 57.9 Å². The predicted molar refractivity (Wildman–Crippen MR) is 82.2 cm³/mol. The predicted octanol–water partition coefficient (Wildman–Crippen LogP) is 4.43. The quantitative estimate of drug-likeness (QED) is 0.443. The maximum Gasteiger partial charge on any atom is 0.150 e. The Hall–Kier alpha value is -1.26. The number of hydrogen-bond acceptors (Lipinski definition) is 3. The SMILES string of the molecule is O=Cc1cccc(SCCOc2ccc(Br)cc2)c1. The zero-order chi connectivity index (χ0) is 13.5. The van der Waals surface area contributed by atoms with Crippen LogP contribution < -0.4 is 4.74 Å². The second-order valence-electron chi connectivity index (χ2n) is 3.84. The molecule has 2 nitrogen and oxygen atoms in total. The summed E-state index contributed by atoms with van der Waals surface area (Å²) in [6.45, 7) is 0.637. The van der Waals surface area contributed by atoms with E-state index in [4.69, 9.17) is 4.74 Å². The molecule has 0 saturated heterocycles. The number of benzene rings is 2. The van der Waals surface area contributed by atoms with E-state index in [-0.39, 0.29) is 0 Å². The minimum Gasteiger partial charge on any atom is -0.493 e. The topological polar surface area (TPSA) is 26.3 Å². The van der Waals surface area contributed by atoms with Crippen LogP contribution in [0.4, 0.5) is 0 Å². The molecular weight excluding hydrogens is 324 g/mol. The highest BCUT2D eigenvalue weighted by Gasteiger charge is 1.97. The van der Waals surface area contributed by atoms with Crippen LogP contribution in [-0.2, 0) is 0 Å². The molecular formula is C15H13BrO2S. The van der Waals surface area contributed by atoms with E-state index in [1.807, 2.05) is 42.5 Å². The van der Waals surface area contributed by atoms with Crippen molar-refractivity contribution in [2.45, 2.75) is 4.90 Å². The number of thioether (sulfide) groups is 1. The number of ether oxygens (including phenoxy) is 1. The first-order valence-corrected chi connectivity index (χ1v) is 7.62. The van der Waals surface area contributed by atoms with Crippen LogP contribution in [0.1, 0.15) is 10.4 Å². The van der Waals surface area contributed by atoms with Crippen molar-refractivity contribution in [2.75, 3.05) is 12.4 Å². The van der Waals surface area contributed by atoms with Gasteiger partial charge in [-0.15, -0.1) is 11.8 Å². The number of hydrogen-bond donors (Lipinski definition) is 0. The number of rotatable bonds is 6. The first kappa shape index (κ1) is 14.2. The number of carbonyl (C=O) groups excluding carboxylic acids is 1. The van der Waals surface area contributed by atoms with Crippen LogP contribution >= 0.6 is 27.7 Å². The van der Waals surface area contributed by atoms with Crippen LogP contribution in [0, 0.1) is 0 Å². The first-order valence-electron chi connectivity index (χ1n) is 5.84. The van der Waals surface area contributed by atoms with E-state index in [9.17, 15) is 4.79 Å². The third-order valence-electron chi connectivity index (χ3n) is 2.43. The standard InChI is InChI=1S/C15H13BrO2S/c16-13-4-6-14(7-5-13)18-8-9-19-15-3-1-2-12(10-15)11-17/h1-7,10-11H,8-9H2. The van der Waals surface area contributed by atoms with Crippen LogP contribution in [-0.4, -0.2) is 18.6 Å². The molecule has 2 aromatic carbocycles. The van der Waals surface area contributed by atoms with E-state index in [0.717, 1.165) is 27.2 Å². The molecule has 4 heteroatoms. The van der Waals surface area contributed by atoms with E-state index in [1.54, 1.807) is 17.8 Å². The molecule has 0 aromatic heterocycles. The molecule has 2 aromatic rings. The second-order valence-corrected chi connectivity index (χ2v) is 5.93. The molecule has 0 unspecified atom stereocenters. The van der Waals surface area contributed by atoms with Crippen molar-refractivity contribution in [3.05, 3.63) is 58.6 Å². The van der Waals surface area contributed by atoms with Gasteiger partial charge in [-0.1, -0.05) is 28.1 Å². The number of carbonyl (C=O) groups is 1. The Kier molecular flexibility index (Phi) is 5.48. The summed E-state index contributed by atoms with van der Waals surface area (Å²) in [5.74, 6) is 1.71. The molecule has 0 bridgehead atoms. The Bertz CT molecular complexity index is 540. The van der Waals surface area contributed by atoms with Gasteiger partial charge in [0, 0.05) is 20.7 Å². The molecule has 98 valence electrons.